The van der Waals surface area contributed by atoms with E-state index in [0.717, 1.165) is 27.4 Å². The maximum absolute atomic E-state index is 12.7. The smallest absolute Gasteiger partial charge is 0.173 e. The maximum Gasteiger partial charge on any atom is 0.173 e. The quantitative estimate of drug-likeness (QED) is 0.334. The number of aryl methyl sites for hydroxylation is 1. The second-order valence-corrected chi connectivity index (χ2v) is 7.58. The third-order valence-corrected chi connectivity index (χ3v) is 5.69. The van der Waals surface area contributed by atoms with Crippen LogP contribution in [0.25, 0.3) is 16.7 Å². The molecule has 0 amide bonds. The van der Waals surface area contributed by atoms with Gasteiger partial charge in [-0.3, -0.25) is 9.20 Å². The highest BCUT2D eigenvalue weighted by Crippen LogP contribution is 2.29. The zero-order valence-corrected chi connectivity index (χ0v) is 17.0. The van der Waals surface area contributed by atoms with E-state index in [1.54, 1.807) is 12.1 Å². The summed E-state index contributed by atoms with van der Waals surface area (Å²) in [4.78, 5) is 17.3. The standard InChI is InChI=1S/C23H19N3O2S/c1-3-28-17-10-8-16(9-11-17)21(27)14-29-22-12-15(2)18(13-24)23-25-19-6-4-5-7-20(19)26(22)23/h4-12H,3,14H2,1-2H3. The van der Waals surface area contributed by atoms with Gasteiger partial charge >= 0.3 is 0 Å². The molecule has 0 saturated carbocycles. The molecule has 2 aromatic carbocycles. The highest BCUT2D eigenvalue weighted by atomic mass is 32.2. The number of thioether (sulfide) groups is 1. The van der Waals surface area contributed by atoms with Gasteiger partial charge in [-0.15, -0.1) is 0 Å². The van der Waals surface area contributed by atoms with E-state index in [-0.39, 0.29) is 5.78 Å². The Kier molecular flexibility index (Phi) is 5.24. The van der Waals surface area contributed by atoms with Crippen molar-refractivity contribution >= 4 is 34.2 Å². The van der Waals surface area contributed by atoms with Gasteiger partial charge in [0.05, 0.1) is 34.0 Å². The highest BCUT2D eigenvalue weighted by molar-refractivity contribution is 8.00. The number of aromatic nitrogens is 2. The van der Waals surface area contributed by atoms with Crippen LogP contribution in [-0.2, 0) is 0 Å². The van der Waals surface area contributed by atoms with Crippen molar-refractivity contribution in [1.82, 2.24) is 9.38 Å². The first kappa shape index (κ1) is 19.0. The average Bonchev–Trinajstić information content (AvgIpc) is 3.12. The number of para-hydroxylation sites is 2. The summed E-state index contributed by atoms with van der Waals surface area (Å²) in [7, 11) is 0. The second kappa shape index (κ2) is 7.98. The average molecular weight is 401 g/mol. The topological polar surface area (TPSA) is 67.4 Å². The number of benzene rings is 2. The molecule has 144 valence electrons. The lowest BCUT2D eigenvalue weighted by molar-refractivity contribution is 0.102. The van der Waals surface area contributed by atoms with Gasteiger partial charge in [0.2, 0.25) is 0 Å². The normalized spacial score (nSPS) is 10.9. The van der Waals surface area contributed by atoms with Crippen molar-refractivity contribution in [3.05, 3.63) is 71.3 Å². The number of fused-ring (bicyclic) bond motifs is 3. The van der Waals surface area contributed by atoms with Crippen LogP contribution in [0.1, 0.15) is 28.4 Å². The van der Waals surface area contributed by atoms with Gasteiger partial charge in [0.1, 0.15) is 11.8 Å². The van der Waals surface area contributed by atoms with Gasteiger partial charge in [-0.2, -0.15) is 5.26 Å². The number of rotatable bonds is 6. The third kappa shape index (κ3) is 3.57. The Hall–Kier alpha value is -3.30. The van der Waals surface area contributed by atoms with Crippen LogP contribution in [0.5, 0.6) is 5.75 Å². The Labute approximate surface area is 172 Å². The van der Waals surface area contributed by atoms with E-state index in [1.165, 1.54) is 11.8 Å². The minimum absolute atomic E-state index is 0.0395. The lowest BCUT2D eigenvalue weighted by Crippen LogP contribution is -2.04. The molecule has 0 radical (unpaired) electrons. The lowest BCUT2D eigenvalue weighted by atomic mass is 10.1. The number of hydrogen-bond acceptors (Lipinski definition) is 5. The van der Waals surface area contributed by atoms with Gasteiger partial charge in [-0.05, 0) is 61.9 Å². The minimum atomic E-state index is 0.0395. The fraction of sp³-hybridized carbons (Fsp3) is 0.174. The molecule has 29 heavy (non-hydrogen) atoms. The van der Waals surface area contributed by atoms with Gasteiger partial charge in [0.25, 0.3) is 0 Å². The van der Waals surface area contributed by atoms with Crippen molar-refractivity contribution in [2.45, 2.75) is 18.9 Å². The first-order valence-electron chi connectivity index (χ1n) is 9.32. The highest BCUT2D eigenvalue weighted by Gasteiger charge is 2.16. The van der Waals surface area contributed by atoms with E-state index in [1.807, 2.05) is 60.7 Å². The van der Waals surface area contributed by atoms with Crippen LogP contribution in [-0.4, -0.2) is 27.5 Å². The summed E-state index contributed by atoms with van der Waals surface area (Å²) in [5.41, 5.74) is 4.45. The zero-order chi connectivity index (χ0) is 20.4. The summed E-state index contributed by atoms with van der Waals surface area (Å²) in [6, 6.07) is 19.2. The molecule has 0 atom stereocenters. The van der Waals surface area contributed by atoms with E-state index in [9.17, 15) is 10.1 Å². The zero-order valence-electron chi connectivity index (χ0n) is 16.2. The SMILES string of the molecule is CCOc1ccc(C(=O)CSc2cc(C)c(C#N)c3nc4ccccc4n23)cc1. The number of nitriles is 1. The summed E-state index contributed by atoms with van der Waals surface area (Å²) in [5, 5.41) is 10.5. The molecule has 4 rings (SSSR count). The van der Waals surface area contributed by atoms with Gasteiger partial charge in [-0.1, -0.05) is 23.9 Å². The molecule has 0 fully saturated rings. The number of pyridine rings is 1. The van der Waals surface area contributed by atoms with Crippen molar-refractivity contribution in [2.75, 3.05) is 12.4 Å². The number of hydrogen-bond donors (Lipinski definition) is 0. The summed E-state index contributed by atoms with van der Waals surface area (Å²) in [5.74, 6) is 1.09. The molecule has 0 spiro atoms. The molecule has 2 heterocycles. The van der Waals surface area contributed by atoms with Gasteiger partial charge in [0.15, 0.2) is 11.4 Å². The van der Waals surface area contributed by atoms with Crippen LogP contribution in [0.4, 0.5) is 0 Å². The summed E-state index contributed by atoms with van der Waals surface area (Å²) in [6.45, 7) is 4.42. The molecule has 2 aromatic heterocycles. The number of Topliss-reactive ketones (excluding diaryl/α,β-unsaturated/α-hetero) is 1. The van der Waals surface area contributed by atoms with Crippen LogP contribution >= 0.6 is 11.8 Å². The molecule has 6 heteroatoms. The number of ketones is 1. The summed E-state index contributed by atoms with van der Waals surface area (Å²) < 4.78 is 7.40. The van der Waals surface area contributed by atoms with Crippen molar-refractivity contribution in [1.29, 1.82) is 5.26 Å². The summed E-state index contributed by atoms with van der Waals surface area (Å²) >= 11 is 1.45. The largest absolute Gasteiger partial charge is 0.494 e. The molecular formula is C23H19N3O2S. The van der Waals surface area contributed by atoms with E-state index < -0.39 is 0 Å². The number of carbonyl (C=O) groups excluding carboxylic acids is 1. The van der Waals surface area contributed by atoms with Crippen LogP contribution in [0, 0.1) is 18.3 Å². The van der Waals surface area contributed by atoms with Crippen LogP contribution < -0.4 is 4.74 Å². The van der Waals surface area contributed by atoms with Crippen molar-refractivity contribution in [3.8, 4) is 11.8 Å². The Morgan fingerprint density at radius 2 is 1.97 bits per heavy atom. The first-order valence-corrected chi connectivity index (χ1v) is 10.3. The maximum atomic E-state index is 12.7. The fourth-order valence-electron chi connectivity index (χ4n) is 3.29. The first-order chi connectivity index (χ1) is 14.1. The third-order valence-electron chi connectivity index (χ3n) is 4.69. The van der Waals surface area contributed by atoms with Crippen molar-refractivity contribution in [3.63, 3.8) is 0 Å². The molecular weight excluding hydrogens is 382 g/mol. The minimum Gasteiger partial charge on any atom is -0.494 e. The van der Waals surface area contributed by atoms with E-state index in [2.05, 4.69) is 11.1 Å². The number of ether oxygens (including phenoxy) is 1. The van der Waals surface area contributed by atoms with Crippen LogP contribution in [0.2, 0.25) is 0 Å². The van der Waals surface area contributed by atoms with E-state index >= 15 is 0 Å². The second-order valence-electron chi connectivity index (χ2n) is 6.58. The Bertz CT molecular complexity index is 1250. The molecule has 0 aliphatic carbocycles. The number of carbonyl (C=O) groups is 1. The molecule has 0 aliphatic rings. The predicted octanol–water partition coefficient (Wildman–Crippen LogP) is 5.04. The Balaban J connectivity index is 1.67. The Morgan fingerprint density at radius 1 is 1.21 bits per heavy atom. The van der Waals surface area contributed by atoms with Crippen molar-refractivity contribution in [2.24, 2.45) is 0 Å². The molecule has 0 N–H and O–H groups in total. The number of imidazole rings is 1. The summed E-state index contributed by atoms with van der Waals surface area (Å²) in [6.07, 6.45) is 0. The Morgan fingerprint density at radius 3 is 2.69 bits per heavy atom. The van der Waals surface area contributed by atoms with Crippen LogP contribution in [0.3, 0.4) is 0 Å². The van der Waals surface area contributed by atoms with Gasteiger partial charge in [0, 0.05) is 5.56 Å². The van der Waals surface area contributed by atoms with Crippen molar-refractivity contribution < 1.29 is 9.53 Å². The van der Waals surface area contributed by atoms with Gasteiger partial charge in [-0.25, -0.2) is 4.98 Å². The molecule has 0 bridgehead atoms. The van der Waals surface area contributed by atoms with Gasteiger partial charge < -0.3 is 4.74 Å². The molecule has 5 nitrogen and oxygen atoms in total. The fourth-order valence-corrected chi connectivity index (χ4v) is 4.31. The molecule has 0 unspecified atom stereocenters. The van der Waals surface area contributed by atoms with Crippen LogP contribution in [0.15, 0.2) is 59.6 Å². The molecule has 4 aromatic rings. The number of nitrogens with zero attached hydrogens (tertiary/aromatic N) is 3. The van der Waals surface area contributed by atoms with E-state index in [4.69, 9.17) is 4.74 Å². The molecule has 0 aliphatic heterocycles. The lowest BCUT2D eigenvalue weighted by Gasteiger charge is -2.10. The predicted molar refractivity (Wildman–Crippen MR) is 115 cm³/mol. The van der Waals surface area contributed by atoms with E-state index in [0.29, 0.717) is 29.1 Å². The molecule has 0 saturated heterocycles. The monoisotopic (exact) mass is 401 g/mol.